The second kappa shape index (κ2) is 5.28. The van der Waals surface area contributed by atoms with Crippen LogP contribution in [0.2, 0.25) is 11.1 Å². The van der Waals surface area contributed by atoms with Crippen molar-refractivity contribution in [3.63, 3.8) is 0 Å². The molecule has 1 heterocycles. The summed E-state index contributed by atoms with van der Waals surface area (Å²) in [6.07, 6.45) is 6.97. The summed E-state index contributed by atoms with van der Waals surface area (Å²) in [6, 6.07) is 0. The van der Waals surface area contributed by atoms with Crippen molar-refractivity contribution in [1.82, 2.24) is 9.96 Å². The maximum atomic E-state index is 3.69. The van der Waals surface area contributed by atoms with Gasteiger partial charge in [-0.05, 0) is 25.2 Å². The lowest BCUT2D eigenvalue weighted by molar-refractivity contribution is 0.652. The van der Waals surface area contributed by atoms with Crippen molar-refractivity contribution in [3.05, 3.63) is 0 Å². The zero-order chi connectivity index (χ0) is 10.6. The Bertz CT molecular complexity index is 169. The molecule has 1 aliphatic rings. The van der Waals surface area contributed by atoms with Gasteiger partial charge in [-0.1, -0.05) is 46.0 Å². The summed E-state index contributed by atoms with van der Waals surface area (Å²) in [4.78, 5) is 7.38. The number of nitrogens with one attached hydrogen (secondary N) is 2. The normalized spacial score (nSPS) is 30.9. The van der Waals surface area contributed by atoms with Crippen molar-refractivity contribution in [2.75, 3.05) is 14.1 Å². The summed E-state index contributed by atoms with van der Waals surface area (Å²) in [5.41, 5.74) is 1.89. The van der Waals surface area contributed by atoms with Crippen LogP contribution in [0.1, 0.15) is 46.0 Å². The van der Waals surface area contributed by atoms with Crippen LogP contribution in [0.25, 0.3) is 0 Å². The van der Waals surface area contributed by atoms with Crippen LogP contribution in [0.3, 0.4) is 0 Å². The maximum Gasteiger partial charge on any atom is 0.207 e. The first-order valence-electron chi connectivity index (χ1n) is 6.12. The van der Waals surface area contributed by atoms with Crippen LogP contribution in [0.4, 0.5) is 0 Å². The van der Waals surface area contributed by atoms with E-state index in [0.717, 1.165) is 11.1 Å². The Morgan fingerprint density at radius 3 is 2.07 bits per heavy atom. The summed E-state index contributed by atoms with van der Waals surface area (Å²) in [6.45, 7) is 4.65. The molecule has 0 aromatic heterocycles. The minimum absolute atomic E-state index is 0.939. The Labute approximate surface area is 90.0 Å². The van der Waals surface area contributed by atoms with Crippen LogP contribution >= 0.6 is 0 Å². The zero-order valence-corrected chi connectivity index (χ0v) is 11.2. The van der Waals surface area contributed by atoms with Crippen molar-refractivity contribution >= 4 is 8.40 Å². The molecule has 2 unspecified atom stereocenters. The molecule has 1 saturated heterocycles. The average Bonchev–Trinajstić information content (AvgIpc) is 2.57. The van der Waals surface area contributed by atoms with Crippen LogP contribution in [-0.4, -0.2) is 22.5 Å². The molecule has 0 aromatic carbocycles. The van der Waals surface area contributed by atoms with Gasteiger partial charge in [0.25, 0.3) is 0 Å². The van der Waals surface area contributed by atoms with E-state index in [2.05, 4.69) is 37.9 Å². The second-order valence-electron chi connectivity index (χ2n) is 4.54. The highest BCUT2D eigenvalue weighted by molar-refractivity contribution is 6.78. The first-order chi connectivity index (χ1) is 6.75. The van der Waals surface area contributed by atoms with E-state index in [-0.39, 0.29) is 0 Å². The third kappa shape index (κ3) is 1.90. The van der Waals surface area contributed by atoms with Crippen LogP contribution in [0, 0.1) is 0 Å². The molecule has 2 nitrogen and oxygen atoms in total. The minimum atomic E-state index is -1.36. The van der Waals surface area contributed by atoms with Gasteiger partial charge in [0.05, 0.1) is 0 Å². The van der Waals surface area contributed by atoms with Crippen molar-refractivity contribution < 1.29 is 0 Å². The lowest BCUT2D eigenvalue weighted by Crippen LogP contribution is -2.63. The minimum Gasteiger partial charge on any atom is -0.328 e. The third-order valence-electron chi connectivity index (χ3n) is 4.11. The lowest BCUT2D eigenvalue weighted by atomic mass is 10.1. The van der Waals surface area contributed by atoms with E-state index >= 15 is 0 Å². The molecular formula is C11H26N2Si. The largest absolute Gasteiger partial charge is 0.328 e. The second-order valence-corrected chi connectivity index (χ2v) is 8.91. The molecular weight excluding hydrogens is 188 g/mol. The van der Waals surface area contributed by atoms with E-state index in [1.165, 1.54) is 32.1 Å². The molecule has 84 valence electrons. The van der Waals surface area contributed by atoms with Crippen molar-refractivity contribution in [1.29, 1.82) is 0 Å². The van der Waals surface area contributed by atoms with E-state index < -0.39 is 8.40 Å². The number of hydrogen-bond donors (Lipinski definition) is 2. The predicted octanol–water partition coefficient (Wildman–Crippen LogP) is 2.61. The summed E-state index contributed by atoms with van der Waals surface area (Å²) in [5, 5.41) is 0. The van der Waals surface area contributed by atoms with Gasteiger partial charge in [-0.25, -0.2) is 0 Å². The summed E-state index contributed by atoms with van der Waals surface area (Å²) < 4.78 is 0. The summed E-state index contributed by atoms with van der Waals surface area (Å²) in [7, 11) is 2.97. The Kier molecular flexibility index (Phi) is 4.61. The zero-order valence-electron chi connectivity index (χ0n) is 10.2. The molecule has 2 N–H and O–H groups in total. The fraction of sp³-hybridized carbons (Fsp3) is 1.00. The van der Waals surface area contributed by atoms with Crippen LogP contribution in [0.5, 0.6) is 0 Å². The van der Waals surface area contributed by atoms with Gasteiger partial charge in [0.2, 0.25) is 8.40 Å². The van der Waals surface area contributed by atoms with E-state index in [4.69, 9.17) is 0 Å². The van der Waals surface area contributed by atoms with Gasteiger partial charge >= 0.3 is 0 Å². The van der Waals surface area contributed by atoms with E-state index in [0.29, 0.717) is 0 Å². The average molecular weight is 214 g/mol. The van der Waals surface area contributed by atoms with Crippen molar-refractivity contribution in [3.8, 4) is 0 Å². The molecule has 1 rings (SSSR count). The molecule has 3 heteroatoms. The standard InChI is InChI=1S/C11H26N2Si/c1-5-7-11-9-8-10(6-2)14(11,12-3)13-4/h10-13H,5-9H2,1-4H3. The van der Waals surface area contributed by atoms with Gasteiger partial charge in [-0.3, -0.25) is 0 Å². The Hall–Kier alpha value is 0.137. The molecule has 0 radical (unpaired) electrons. The van der Waals surface area contributed by atoms with Crippen LogP contribution in [0.15, 0.2) is 0 Å². The summed E-state index contributed by atoms with van der Waals surface area (Å²) >= 11 is 0. The quantitative estimate of drug-likeness (QED) is 0.688. The molecule has 0 spiro atoms. The van der Waals surface area contributed by atoms with E-state index in [9.17, 15) is 0 Å². The first-order valence-corrected chi connectivity index (χ1v) is 8.28. The Morgan fingerprint density at radius 1 is 1.07 bits per heavy atom. The monoisotopic (exact) mass is 214 g/mol. The first kappa shape index (κ1) is 12.2. The fourth-order valence-electron chi connectivity index (χ4n) is 3.38. The maximum absolute atomic E-state index is 3.69. The van der Waals surface area contributed by atoms with Crippen LogP contribution in [-0.2, 0) is 0 Å². The molecule has 0 bridgehead atoms. The van der Waals surface area contributed by atoms with Crippen LogP contribution < -0.4 is 9.96 Å². The molecule has 14 heavy (non-hydrogen) atoms. The molecule has 0 saturated carbocycles. The molecule has 1 fully saturated rings. The van der Waals surface area contributed by atoms with E-state index in [1.807, 2.05) is 0 Å². The molecule has 2 atom stereocenters. The highest BCUT2D eigenvalue weighted by Crippen LogP contribution is 2.47. The number of rotatable bonds is 5. The van der Waals surface area contributed by atoms with Crippen molar-refractivity contribution in [2.24, 2.45) is 0 Å². The topological polar surface area (TPSA) is 24.1 Å². The van der Waals surface area contributed by atoms with Gasteiger partial charge in [0.1, 0.15) is 0 Å². The Morgan fingerprint density at radius 2 is 1.64 bits per heavy atom. The van der Waals surface area contributed by atoms with Gasteiger partial charge in [0.15, 0.2) is 0 Å². The Balaban J connectivity index is 2.77. The molecule has 0 aliphatic carbocycles. The highest BCUT2D eigenvalue weighted by Gasteiger charge is 2.49. The van der Waals surface area contributed by atoms with Gasteiger partial charge < -0.3 is 9.96 Å². The molecule has 0 amide bonds. The predicted molar refractivity (Wildman–Crippen MR) is 65.8 cm³/mol. The number of hydrogen-bond acceptors (Lipinski definition) is 2. The fourth-order valence-corrected chi connectivity index (χ4v) is 8.56. The third-order valence-corrected chi connectivity index (χ3v) is 9.61. The van der Waals surface area contributed by atoms with E-state index in [1.54, 1.807) is 0 Å². The summed E-state index contributed by atoms with van der Waals surface area (Å²) in [5.74, 6) is 0. The molecule has 0 aromatic rings. The van der Waals surface area contributed by atoms with Gasteiger partial charge in [0, 0.05) is 0 Å². The van der Waals surface area contributed by atoms with Gasteiger partial charge in [-0.15, -0.1) is 0 Å². The van der Waals surface area contributed by atoms with Crippen molar-refractivity contribution in [2.45, 2.75) is 57.0 Å². The SMILES string of the molecule is CCCC1CCC(CC)[Si]1(NC)NC. The highest BCUT2D eigenvalue weighted by atomic mass is 28.3. The smallest absolute Gasteiger partial charge is 0.207 e. The molecule has 1 aliphatic heterocycles. The van der Waals surface area contributed by atoms with Gasteiger partial charge in [-0.2, -0.15) is 0 Å². The lowest BCUT2D eigenvalue weighted by Gasteiger charge is -2.37.